The number of hydrogen-bond donors (Lipinski definition) is 1. The van der Waals surface area contributed by atoms with Gasteiger partial charge in [-0.15, -0.1) is 0 Å². The third-order valence-corrected chi connectivity index (χ3v) is 3.18. The second-order valence-electron chi connectivity index (χ2n) is 3.08. The van der Waals surface area contributed by atoms with Crippen LogP contribution in [0.3, 0.4) is 0 Å². The van der Waals surface area contributed by atoms with Gasteiger partial charge in [0.05, 0.1) is 0 Å². The standard InChI is InChI=1S/C9H21NOS/c1-4-7-10-9(3)6-8-12(11)5-2/h9-10H,4-8H2,1-3H3. The van der Waals surface area contributed by atoms with Crippen LogP contribution in [0.25, 0.3) is 0 Å². The highest BCUT2D eigenvalue weighted by molar-refractivity contribution is 7.84. The van der Waals surface area contributed by atoms with Crippen molar-refractivity contribution in [1.82, 2.24) is 5.32 Å². The molecule has 0 heterocycles. The molecule has 0 aromatic carbocycles. The van der Waals surface area contributed by atoms with Crippen molar-refractivity contribution in [3.05, 3.63) is 0 Å². The van der Waals surface area contributed by atoms with Gasteiger partial charge in [-0.2, -0.15) is 0 Å². The molecule has 0 fully saturated rings. The highest BCUT2D eigenvalue weighted by atomic mass is 32.2. The van der Waals surface area contributed by atoms with Gasteiger partial charge in [0.15, 0.2) is 0 Å². The molecule has 1 N–H and O–H groups in total. The van der Waals surface area contributed by atoms with Crippen LogP contribution in [0, 0.1) is 0 Å². The summed E-state index contributed by atoms with van der Waals surface area (Å²) >= 11 is 0. The molecule has 0 aromatic heterocycles. The van der Waals surface area contributed by atoms with Crippen LogP contribution in [0.5, 0.6) is 0 Å². The number of rotatable bonds is 7. The molecule has 0 radical (unpaired) electrons. The first-order valence-electron chi connectivity index (χ1n) is 4.79. The zero-order valence-corrected chi connectivity index (χ0v) is 9.25. The van der Waals surface area contributed by atoms with Crippen LogP contribution in [0.15, 0.2) is 0 Å². The fourth-order valence-electron chi connectivity index (χ4n) is 0.945. The lowest BCUT2D eigenvalue weighted by molar-refractivity contribution is 0.533. The normalized spacial score (nSPS) is 15.9. The Morgan fingerprint density at radius 1 is 1.42 bits per heavy atom. The molecule has 0 aliphatic heterocycles. The summed E-state index contributed by atoms with van der Waals surface area (Å²) in [7, 11) is -0.593. The maximum Gasteiger partial charge on any atom is 0.0249 e. The summed E-state index contributed by atoms with van der Waals surface area (Å²) in [5, 5.41) is 3.38. The van der Waals surface area contributed by atoms with Crippen molar-refractivity contribution in [3.8, 4) is 0 Å². The third kappa shape index (κ3) is 6.80. The maximum absolute atomic E-state index is 11.1. The van der Waals surface area contributed by atoms with E-state index in [1.165, 1.54) is 6.42 Å². The Bertz CT molecular complexity index is 128. The van der Waals surface area contributed by atoms with E-state index in [4.69, 9.17) is 0 Å². The lowest BCUT2D eigenvalue weighted by Crippen LogP contribution is -2.28. The minimum Gasteiger partial charge on any atom is -0.314 e. The van der Waals surface area contributed by atoms with Crippen molar-refractivity contribution in [1.29, 1.82) is 0 Å². The third-order valence-electron chi connectivity index (χ3n) is 1.84. The monoisotopic (exact) mass is 191 g/mol. The molecule has 2 nitrogen and oxygen atoms in total. The van der Waals surface area contributed by atoms with E-state index in [9.17, 15) is 4.21 Å². The van der Waals surface area contributed by atoms with Gasteiger partial charge in [-0.3, -0.25) is 4.21 Å². The van der Waals surface area contributed by atoms with Crippen molar-refractivity contribution in [2.75, 3.05) is 18.1 Å². The molecule has 2 atom stereocenters. The van der Waals surface area contributed by atoms with Gasteiger partial charge in [-0.1, -0.05) is 13.8 Å². The maximum atomic E-state index is 11.1. The molecule has 0 aliphatic carbocycles. The van der Waals surface area contributed by atoms with E-state index in [0.717, 1.165) is 24.5 Å². The summed E-state index contributed by atoms with van der Waals surface area (Å²) in [5.41, 5.74) is 0. The highest BCUT2D eigenvalue weighted by Gasteiger charge is 2.02. The lowest BCUT2D eigenvalue weighted by Gasteiger charge is -2.11. The SMILES string of the molecule is CCCNC(C)CCS(=O)CC. The molecule has 0 aliphatic rings. The summed E-state index contributed by atoms with van der Waals surface area (Å²) in [6, 6.07) is 0.514. The van der Waals surface area contributed by atoms with E-state index in [1.54, 1.807) is 0 Å². The quantitative estimate of drug-likeness (QED) is 0.661. The van der Waals surface area contributed by atoms with Gasteiger partial charge in [0.25, 0.3) is 0 Å². The van der Waals surface area contributed by atoms with Gasteiger partial charge < -0.3 is 5.32 Å². The van der Waals surface area contributed by atoms with Gasteiger partial charge in [0.2, 0.25) is 0 Å². The topological polar surface area (TPSA) is 29.1 Å². The van der Waals surface area contributed by atoms with Crippen molar-refractivity contribution in [2.24, 2.45) is 0 Å². The predicted octanol–water partition coefficient (Wildman–Crippen LogP) is 1.53. The van der Waals surface area contributed by atoms with Crippen LogP contribution < -0.4 is 5.32 Å². The average Bonchev–Trinajstić information content (AvgIpc) is 2.10. The largest absolute Gasteiger partial charge is 0.314 e. The van der Waals surface area contributed by atoms with Crippen molar-refractivity contribution < 1.29 is 4.21 Å². The fourth-order valence-corrected chi connectivity index (χ4v) is 1.85. The van der Waals surface area contributed by atoms with E-state index < -0.39 is 10.8 Å². The zero-order chi connectivity index (χ0) is 9.40. The Labute approximate surface area is 78.6 Å². The van der Waals surface area contributed by atoms with Crippen molar-refractivity contribution in [3.63, 3.8) is 0 Å². The lowest BCUT2D eigenvalue weighted by atomic mass is 10.2. The van der Waals surface area contributed by atoms with E-state index in [1.807, 2.05) is 6.92 Å². The Hall–Kier alpha value is 0.110. The smallest absolute Gasteiger partial charge is 0.0249 e. The molecule has 3 heteroatoms. The molecule has 0 saturated heterocycles. The molecule has 0 spiro atoms. The molecule has 2 unspecified atom stereocenters. The molecular formula is C9H21NOS. The van der Waals surface area contributed by atoms with E-state index >= 15 is 0 Å². The summed E-state index contributed by atoms with van der Waals surface area (Å²) in [6.07, 6.45) is 2.20. The Balaban J connectivity index is 3.30. The molecule has 0 aromatic rings. The molecule has 12 heavy (non-hydrogen) atoms. The van der Waals surface area contributed by atoms with Crippen LogP contribution >= 0.6 is 0 Å². The Morgan fingerprint density at radius 3 is 2.58 bits per heavy atom. The van der Waals surface area contributed by atoms with Crippen LogP contribution in [0.4, 0.5) is 0 Å². The van der Waals surface area contributed by atoms with Crippen molar-refractivity contribution >= 4 is 10.8 Å². The summed E-state index contributed by atoms with van der Waals surface area (Å²) < 4.78 is 11.1. The molecule has 0 saturated carbocycles. The van der Waals surface area contributed by atoms with Crippen LogP contribution in [-0.4, -0.2) is 28.3 Å². The fraction of sp³-hybridized carbons (Fsp3) is 1.00. The van der Waals surface area contributed by atoms with Crippen LogP contribution in [0.2, 0.25) is 0 Å². The van der Waals surface area contributed by atoms with Crippen LogP contribution in [0.1, 0.15) is 33.6 Å². The molecule has 0 amide bonds. The average molecular weight is 191 g/mol. The van der Waals surface area contributed by atoms with E-state index in [2.05, 4.69) is 19.2 Å². The van der Waals surface area contributed by atoms with Gasteiger partial charge in [0.1, 0.15) is 0 Å². The van der Waals surface area contributed by atoms with E-state index in [-0.39, 0.29) is 0 Å². The summed E-state index contributed by atoms with van der Waals surface area (Å²) in [6.45, 7) is 7.35. The Kier molecular flexibility index (Phi) is 7.81. The second kappa shape index (κ2) is 7.74. The summed E-state index contributed by atoms with van der Waals surface area (Å²) in [4.78, 5) is 0. The summed E-state index contributed by atoms with van der Waals surface area (Å²) in [5.74, 6) is 1.63. The van der Waals surface area contributed by atoms with E-state index in [0.29, 0.717) is 6.04 Å². The van der Waals surface area contributed by atoms with Gasteiger partial charge in [-0.25, -0.2) is 0 Å². The first-order valence-corrected chi connectivity index (χ1v) is 6.27. The number of nitrogens with one attached hydrogen (secondary N) is 1. The highest BCUT2D eigenvalue weighted by Crippen LogP contribution is 1.94. The minimum atomic E-state index is -0.593. The predicted molar refractivity (Wildman–Crippen MR) is 55.9 cm³/mol. The first-order chi connectivity index (χ1) is 5.70. The van der Waals surface area contributed by atoms with Gasteiger partial charge >= 0.3 is 0 Å². The minimum absolute atomic E-state index is 0.514. The van der Waals surface area contributed by atoms with Gasteiger partial charge in [0, 0.05) is 28.3 Å². The zero-order valence-electron chi connectivity index (χ0n) is 8.43. The van der Waals surface area contributed by atoms with Gasteiger partial charge in [-0.05, 0) is 26.3 Å². The molecule has 74 valence electrons. The van der Waals surface area contributed by atoms with Crippen LogP contribution in [-0.2, 0) is 10.8 Å². The number of hydrogen-bond acceptors (Lipinski definition) is 2. The van der Waals surface area contributed by atoms with Crippen molar-refractivity contribution in [2.45, 2.75) is 39.7 Å². The molecule has 0 bridgehead atoms. The molecular weight excluding hydrogens is 170 g/mol. The second-order valence-corrected chi connectivity index (χ2v) is 4.94. The molecule has 0 rings (SSSR count). The first kappa shape index (κ1) is 12.1. The Morgan fingerprint density at radius 2 is 2.08 bits per heavy atom.